The number of carboxylic acid groups (broad SMARTS) is 1. The quantitative estimate of drug-likeness (QED) is 0.646. The van der Waals surface area contributed by atoms with E-state index < -0.39 is 45.5 Å². The van der Waals surface area contributed by atoms with Crippen LogP contribution in [0.1, 0.15) is 23.4 Å². The molecule has 0 aliphatic heterocycles. The van der Waals surface area contributed by atoms with Crippen molar-refractivity contribution in [1.29, 1.82) is 0 Å². The molecule has 3 nitrogen and oxygen atoms in total. The highest BCUT2D eigenvalue weighted by Gasteiger charge is 2.37. The number of hydrogen-bond acceptors (Lipinski definition) is 2. The maximum absolute atomic E-state index is 12.7. The van der Waals surface area contributed by atoms with Gasteiger partial charge in [0.1, 0.15) is 5.69 Å². The molecule has 9 heteroatoms. The maximum atomic E-state index is 12.7. The number of hydrogen-bond donors (Lipinski definition) is 1. The molecular formula is C9H5F5INO2. The SMILES string of the molecule is O=C(O)Cc1nc(C(F)F)cc(I)c1C(F)(F)F. The van der Waals surface area contributed by atoms with E-state index in [0.29, 0.717) is 6.07 Å². The third kappa shape index (κ3) is 3.50. The Hall–Kier alpha value is -1.00. The van der Waals surface area contributed by atoms with E-state index in [0.717, 1.165) is 0 Å². The Bertz CT molecular complexity index is 475. The standard InChI is InChI=1S/C9H5F5INO2/c10-8(11)5-1-3(15)7(9(12,13)14)4(16-5)2-6(17)18/h1,8H,2H2,(H,17,18). The Morgan fingerprint density at radius 2 is 2.00 bits per heavy atom. The zero-order valence-electron chi connectivity index (χ0n) is 8.43. The van der Waals surface area contributed by atoms with Crippen LogP contribution >= 0.6 is 22.6 Å². The van der Waals surface area contributed by atoms with Crippen LogP contribution in [0.25, 0.3) is 0 Å². The van der Waals surface area contributed by atoms with Crippen LogP contribution in [0, 0.1) is 3.57 Å². The van der Waals surface area contributed by atoms with Crippen LogP contribution in [0.4, 0.5) is 22.0 Å². The van der Waals surface area contributed by atoms with Gasteiger partial charge in [0, 0.05) is 3.57 Å². The second-order valence-electron chi connectivity index (χ2n) is 3.22. The van der Waals surface area contributed by atoms with Crippen LogP contribution in [0.5, 0.6) is 0 Å². The first-order valence-corrected chi connectivity index (χ1v) is 5.47. The summed E-state index contributed by atoms with van der Waals surface area (Å²) in [5.41, 5.74) is -3.06. The summed E-state index contributed by atoms with van der Waals surface area (Å²) in [4.78, 5) is 13.5. The van der Waals surface area contributed by atoms with Crippen LogP contribution in [0.3, 0.4) is 0 Å². The minimum Gasteiger partial charge on any atom is -0.481 e. The van der Waals surface area contributed by atoms with Crippen LogP contribution in [0.15, 0.2) is 6.07 Å². The average Bonchev–Trinajstić information content (AvgIpc) is 2.12. The van der Waals surface area contributed by atoms with Crippen LogP contribution < -0.4 is 0 Å². The first-order valence-electron chi connectivity index (χ1n) is 4.39. The summed E-state index contributed by atoms with van der Waals surface area (Å²) in [5.74, 6) is -1.57. The van der Waals surface area contributed by atoms with Crippen molar-refractivity contribution in [2.75, 3.05) is 0 Å². The third-order valence-electron chi connectivity index (χ3n) is 1.89. The smallest absolute Gasteiger partial charge is 0.419 e. The number of carboxylic acids is 1. The van der Waals surface area contributed by atoms with Gasteiger partial charge in [-0.3, -0.25) is 9.78 Å². The molecule has 0 spiro atoms. The Morgan fingerprint density at radius 3 is 2.39 bits per heavy atom. The topological polar surface area (TPSA) is 50.2 Å². The zero-order valence-corrected chi connectivity index (χ0v) is 10.6. The van der Waals surface area contributed by atoms with Crippen molar-refractivity contribution in [2.24, 2.45) is 0 Å². The third-order valence-corrected chi connectivity index (χ3v) is 2.74. The first kappa shape index (κ1) is 15.1. The Labute approximate surface area is 111 Å². The highest BCUT2D eigenvalue weighted by Crippen LogP contribution is 2.36. The Morgan fingerprint density at radius 1 is 1.44 bits per heavy atom. The summed E-state index contributed by atoms with van der Waals surface area (Å²) >= 11 is 1.23. The number of aliphatic carboxylic acids is 1. The molecule has 0 saturated heterocycles. The number of carbonyl (C=O) groups is 1. The summed E-state index contributed by atoms with van der Waals surface area (Å²) in [6.07, 6.45) is -8.96. The average molecular weight is 381 g/mol. The molecule has 1 rings (SSSR count). The van der Waals surface area contributed by atoms with Crippen molar-refractivity contribution in [3.05, 3.63) is 26.6 Å². The molecule has 1 heterocycles. The molecule has 0 aliphatic rings. The summed E-state index contributed by atoms with van der Waals surface area (Å²) in [6, 6.07) is 0.597. The second kappa shape index (κ2) is 5.33. The van der Waals surface area contributed by atoms with Gasteiger partial charge in [0.2, 0.25) is 0 Å². The lowest BCUT2D eigenvalue weighted by molar-refractivity contribution is -0.140. The van der Waals surface area contributed by atoms with Gasteiger partial charge in [0.25, 0.3) is 6.43 Å². The molecule has 0 atom stereocenters. The molecular weight excluding hydrogens is 376 g/mol. The van der Waals surface area contributed by atoms with E-state index in [4.69, 9.17) is 5.11 Å². The lowest BCUT2D eigenvalue weighted by atomic mass is 10.1. The number of rotatable bonds is 3. The van der Waals surface area contributed by atoms with E-state index in [1.54, 1.807) is 0 Å². The largest absolute Gasteiger partial charge is 0.481 e. The van der Waals surface area contributed by atoms with E-state index in [1.807, 2.05) is 0 Å². The molecule has 0 radical (unpaired) electrons. The van der Waals surface area contributed by atoms with Crippen LogP contribution in [-0.2, 0) is 17.4 Å². The van der Waals surface area contributed by atoms with Gasteiger partial charge >= 0.3 is 12.1 Å². The van der Waals surface area contributed by atoms with Crippen LogP contribution in [0.2, 0.25) is 0 Å². The predicted molar refractivity (Wildman–Crippen MR) is 58.3 cm³/mol. The van der Waals surface area contributed by atoms with E-state index in [2.05, 4.69) is 4.98 Å². The summed E-state index contributed by atoms with van der Waals surface area (Å²) in [6.45, 7) is 0. The number of aromatic nitrogens is 1. The van der Waals surface area contributed by atoms with Crippen molar-refractivity contribution in [1.82, 2.24) is 4.98 Å². The molecule has 0 bridgehead atoms. The zero-order chi connectivity index (χ0) is 14.1. The maximum Gasteiger partial charge on any atom is 0.419 e. The van der Waals surface area contributed by atoms with Gasteiger partial charge in [0.05, 0.1) is 17.7 Å². The normalized spacial score (nSPS) is 11.9. The molecule has 0 unspecified atom stereocenters. The van der Waals surface area contributed by atoms with Gasteiger partial charge in [-0.15, -0.1) is 0 Å². The van der Waals surface area contributed by atoms with Gasteiger partial charge in [-0.2, -0.15) is 13.2 Å². The van der Waals surface area contributed by atoms with Gasteiger partial charge < -0.3 is 5.11 Å². The molecule has 0 amide bonds. The molecule has 0 aliphatic carbocycles. The monoisotopic (exact) mass is 381 g/mol. The first-order chi connectivity index (χ1) is 8.12. The molecule has 100 valence electrons. The van der Waals surface area contributed by atoms with Gasteiger partial charge in [-0.25, -0.2) is 8.78 Å². The summed E-state index contributed by atoms with van der Waals surface area (Å²) < 4.78 is 62.3. The fourth-order valence-corrected chi connectivity index (χ4v) is 2.20. The Balaban J connectivity index is 3.44. The highest BCUT2D eigenvalue weighted by molar-refractivity contribution is 14.1. The summed E-state index contributed by atoms with van der Waals surface area (Å²) in [5, 5.41) is 8.48. The molecule has 18 heavy (non-hydrogen) atoms. The van der Waals surface area contributed by atoms with Crippen molar-refractivity contribution < 1.29 is 31.9 Å². The molecule has 0 fully saturated rings. The Kier molecular flexibility index (Phi) is 4.46. The molecule has 0 saturated carbocycles. The van der Waals surface area contributed by atoms with E-state index in [-0.39, 0.29) is 0 Å². The van der Waals surface area contributed by atoms with Crippen molar-refractivity contribution >= 4 is 28.6 Å². The van der Waals surface area contributed by atoms with E-state index in [9.17, 15) is 26.7 Å². The second-order valence-corrected chi connectivity index (χ2v) is 4.38. The highest BCUT2D eigenvalue weighted by atomic mass is 127. The minimum absolute atomic E-state index is 0.498. The van der Waals surface area contributed by atoms with Crippen molar-refractivity contribution in [3.8, 4) is 0 Å². The van der Waals surface area contributed by atoms with E-state index >= 15 is 0 Å². The van der Waals surface area contributed by atoms with Gasteiger partial charge in [-0.05, 0) is 28.7 Å². The lowest BCUT2D eigenvalue weighted by Gasteiger charge is -2.14. The van der Waals surface area contributed by atoms with Gasteiger partial charge in [0.15, 0.2) is 0 Å². The minimum atomic E-state index is -4.84. The fourth-order valence-electron chi connectivity index (χ4n) is 1.27. The van der Waals surface area contributed by atoms with Crippen molar-refractivity contribution in [2.45, 2.75) is 19.0 Å². The number of nitrogens with zero attached hydrogens (tertiary/aromatic N) is 1. The molecule has 1 N–H and O–H groups in total. The number of halogens is 6. The summed E-state index contributed by atoms with van der Waals surface area (Å²) in [7, 11) is 0. The predicted octanol–water partition coefficient (Wildman–Crippen LogP) is 3.27. The van der Waals surface area contributed by atoms with E-state index in [1.165, 1.54) is 22.6 Å². The molecule has 1 aromatic rings. The lowest BCUT2D eigenvalue weighted by Crippen LogP contribution is -2.17. The van der Waals surface area contributed by atoms with Gasteiger partial charge in [-0.1, -0.05) is 0 Å². The molecule has 1 aromatic heterocycles. The number of pyridine rings is 1. The number of alkyl halides is 5. The molecule has 0 aromatic carbocycles. The van der Waals surface area contributed by atoms with Crippen LogP contribution in [-0.4, -0.2) is 16.1 Å². The van der Waals surface area contributed by atoms with Crippen molar-refractivity contribution in [3.63, 3.8) is 0 Å². The fraction of sp³-hybridized carbons (Fsp3) is 0.333.